The first-order chi connectivity index (χ1) is 9.91. The maximum atomic E-state index is 12.2. The predicted molar refractivity (Wildman–Crippen MR) is 87.3 cm³/mol. The molecule has 0 saturated heterocycles. The molecule has 2 fully saturated rings. The van der Waals surface area contributed by atoms with Crippen LogP contribution in [0.2, 0.25) is 0 Å². The van der Waals surface area contributed by atoms with Crippen molar-refractivity contribution in [3.63, 3.8) is 0 Å². The van der Waals surface area contributed by atoms with E-state index >= 15 is 0 Å². The highest BCUT2D eigenvalue weighted by molar-refractivity contribution is 5.90. The molecule has 2 aliphatic carbocycles. The molecule has 2 saturated carbocycles. The summed E-state index contributed by atoms with van der Waals surface area (Å²) in [6.45, 7) is 6.61. The van der Waals surface area contributed by atoms with Crippen LogP contribution >= 0.6 is 0 Å². The van der Waals surface area contributed by atoms with E-state index in [-0.39, 0.29) is 11.3 Å². The number of rotatable bonds is 3. The lowest BCUT2D eigenvalue weighted by molar-refractivity contribution is -0.117. The van der Waals surface area contributed by atoms with E-state index in [2.05, 4.69) is 38.2 Å². The molecule has 1 aromatic carbocycles. The number of anilines is 1. The Morgan fingerprint density at radius 2 is 1.86 bits per heavy atom. The Morgan fingerprint density at radius 1 is 1.14 bits per heavy atom. The first kappa shape index (κ1) is 14.6. The van der Waals surface area contributed by atoms with Gasteiger partial charge in [-0.05, 0) is 60.1 Å². The molecule has 2 bridgehead atoms. The summed E-state index contributed by atoms with van der Waals surface area (Å²) in [6.07, 6.45) is 6.11. The Hall–Kier alpha value is -1.31. The zero-order chi connectivity index (χ0) is 15.0. The summed E-state index contributed by atoms with van der Waals surface area (Å²) in [5.74, 6) is 2.57. The van der Waals surface area contributed by atoms with Crippen LogP contribution < -0.4 is 5.32 Å². The fourth-order valence-corrected chi connectivity index (χ4v) is 4.13. The van der Waals surface area contributed by atoms with Gasteiger partial charge in [0.1, 0.15) is 0 Å². The molecular weight excluding hydrogens is 258 g/mol. The van der Waals surface area contributed by atoms with Crippen LogP contribution in [0.3, 0.4) is 0 Å². The Labute approximate surface area is 128 Å². The number of hydrogen-bond acceptors (Lipinski definition) is 1. The van der Waals surface area contributed by atoms with Crippen LogP contribution in [-0.4, -0.2) is 5.91 Å². The number of carbonyl (C=O) groups is 1. The minimum atomic E-state index is 0.158. The summed E-state index contributed by atoms with van der Waals surface area (Å²) in [4.78, 5) is 12.2. The van der Waals surface area contributed by atoms with Gasteiger partial charge in [-0.1, -0.05) is 39.3 Å². The third-order valence-corrected chi connectivity index (χ3v) is 5.37. The van der Waals surface area contributed by atoms with Crippen molar-refractivity contribution in [2.24, 2.45) is 17.8 Å². The maximum absolute atomic E-state index is 12.2. The molecule has 0 unspecified atom stereocenters. The highest BCUT2D eigenvalue weighted by Gasteiger charge is 2.40. The van der Waals surface area contributed by atoms with Crippen LogP contribution in [0.5, 0.6) is 0 Å². The van der Waals surface area contributed by atoms with E-state index in [1.165, 1.54) is 31.2 Å². The van der Waals surface area contributed by atoms with Crippen molar-refractivity contribution in [1.29, 1.82) is 0 Å². The molecule has 0 aliphatic heterocycles. The fourth-order valence-electron chi connectivity index (χ4n) is 4.13. The Morgan fingerprint density at radius 3 is 2.38 bits per heavy atom. The second kappa shape index (κ2) is 5.47. The van der Waals surface area contributed by atoms with Crippen molar-refractivity contribution < 1.29 is 4.79 Å². The van der Waals surface area contributed by atoms with Crippen LogP contribution in [0, 0.1) is 17.8 Å². The minimum absolute atomic E-state index is 0.158. The van der Waals surface area contributed by atoms with Gasteiger partial charge in [-0.25, -0.2) is 0 Å². The predicted octanol–water partition coefficient (Wildman–Crippen LogP) is 4.75. The van der Waals surface area contributed by atoms with Gasteiger partial charge in [-0.15, -0.1) is 0 Å². The monoisotopic (exact) mass is 285 g/mol. The molecule has 0 heterocycles. The second-order valence-corrected chi connectivity index (χ2v) is 8.01. The van der Waals surface area contributed by atoms with E-state index in [0.29, 0.717) is 12.3 Å². The van der Waals surface area contributed by atoms with Crippen molar-refractivity contribution >= 4 is 11.6 Å². The van der Waals surface area contributed by atoms with Gasteiger partial charge in [0.2, 0.25) is 5.91 Å². The number of fused-ring (bicyclic) bond motifs is 2. The smallest absolute Gasteiger partial charge is 0.224 e. The minimum Gasteiger partial charge on any atom is -0.326 e. The van der Waals surface area contributed by atoms with Gasteiger partial charge in [0.15, 0.2) is 0 Å². The van der Waals surface area contributed by atoms with Crippen molar-refractivity contribution in [3.05, 3.63) is 29.8 Å². The quantitative estimate of drug-likeness (QED) is 0.853. The zero-order valence-corrected chi connectivity index (χ0v) is 13.5. The molecule has 3 atom stereocenters. The molecule has 0 radical (unpaired) electrons. The van der Waals surface area contributed by atoms with Crippen molar-refractivity contribution in [2.75, 3.05) is 5.32 Å². The van der Waals surface area contributed by atoms with Gasteiger partial charge < -0.3 is 5.32 Å². The third-order valence-electron chi connectivity index (χ3n) is 5.37. The van der Waals surface area contributed by atoms with Crippen molar-refractivity contribution in [2.45, 2.75) is 58.3 Å². The SMILES string of the molecule is CC(C)(C)c1ccc(NC(=O)C[C@H]2C[C@@H]3CC[C@@H]2C3)cc1. The van der Waals surface area contributed by atoms with Gasteiger partial charge in [0.25, 0.3) is 0 Å². The zero-order valence-electron chi connectivity index (χ0n) is 13.5. The number of amides is 1. The highest BCUT2D eigenvalue weighted by Crippen LogP contribution is 2.49. The van der Waals surface area contributed by atoms with Gasteiger partial charge in [0.05, 0.1) is 0 Å². The molecule has 3 rings (SSSR count). The number of carbonyl (C=O) groups excluding carboxylic acids is 1. The van der Waals surface area contributed by atoms with E-state index in [4.69, 9.17) is 0 Å². The summed E-state index contributed by atoms with van der Waals surface area (Å²) in [5, 5.41) is 3.07. The van der Waals surface area contributed by atoms with Crippen molar-refractivity contribution in [3.8, 4) is 0 Å². The van der Waals surface area contributed by atoms with E-state index < -0.39 is 0 Å². The maximum Gasteiger partial charge on any atom is 0.224 e. The standard InChI is InChI=1S/C19H27NO/c1-19(2,3)16-6-8-17(9-7-16)20-18(21)12-15-11-13-4-5-14(15)10-13/h6-9,13-15H,4-5,10-12H2,1-3H3,(H,20,21)/t13-,14-,15-/m1/s1. The van der Waals surface area contributed by atoms with Gasteiger partial charge in [-0.3, -0.25) is 4.79 Å². The average Bonchev–Trinajstić information content (AvgIpc) is 3.00. The summed E-state index contributed by atoms with van der Waals surface area (Å²) in [6, 6.07) is 8.29. The van der Waals surface area contributed by atoms with E-state index in [1.807, 2.05) is 12.1 Å². The summed E-state index contributed by atoms with van der Waals surface area (Å²) < 4.78 is 0. The first-order valence-corrected chi connectivity index (χ1v) is 8.32. The lowest BCUT2D eigenvalue weighted by Gasteiger charge is -2.21. The molecule has 0 spiro atoms. The Kier molecular flexibility index (Phi) is 3.81. The summed E-state index contributed by atoms with van der Waals surface area (Å²) in [7, 11) is 0. The molecule has 114 valence electrons. The molecule has 2 nitrogen and oxygen atoms in total. The average molecular weight is 285 g/mol. The largest absolute Gasteiger partial charge is 0.326 e. The van der Waals surface area contributed by atoms with Crippen molar-refractivity contribution in [1.82, 2.24) is 0 Å². The lowest BCUT2D eigenvalue weighted by Crippen LogP contribution is -2.20. The Balaban J connectivity index is 1.55. The lowest BCUT2D eigenvalue weighted by atomic mass is 9.86. The molecular formula is C19H27NO. The summed E-state index contributed by atoms with van der Waals surface area (Å²) in [5.41, 5.74) is 2.38. The van der Waals surface area contributed by atoms with Gasteiger partial charge in [-0.2, -0.15) is 0 Å². The van der Waals surface area contributed by atoms with E-state index in [0.717, 1.165) is 17.5 Å². The molecule has 21 heavy (non-hydrogen) atoms. The van der Waals surface area contributed by atoms with Crippen LogP contribution in [0.4, 0.5) is 5.69 Å². The third kappa shape index (κ3) is 3.30. The van der Waals surface area contributed by atoms with Crippen LogP contribution in [-0.2, 0) is 10.2 Å². The normalized spacial score (nSPS) is 27.9. The van der Waals surface area contributed by atoms with Gasteiger partial charge in [0, 0.05) is 12.1 Å². The second-order valence-electron chi connectivity index (χ2n) is 8.01. The number of nitrogens with one attached hydrogen (secondary N) is 1. The van der Waals surface area contributed by atoms with Gasteiger partial charge >= 0.3 is 0 Å². The molecule has 2 heteroatoms. The van der Waals surface area contributed by atoms with Crippen LogP contribution in [0.1, 0.15) is 58.4 Å². The van der Waals surface area contributed by atoms with Crippen LogP contribution in [0.15, 0.2) is 24.3 Å². The van der Waals surface area contributed by atoms with E-state index in [1.54, 1.807) is 0 Å². The highest BCUT2D eigenvalue weighted by atomic mass is 16.1. The molecule has 2 aliphatic rings. The number of benzene rings is 1. The molecule has 1 amide bonds. The Bertz CT molecular complexity index is 511. The number of hydrogen-bond donors (Lipinski definition) is 1. The molecule has 1 aromatic rings. The van der Waals surface area contributed by atoms with E-state index in [9.17, 15) is 4.79 Å². The van der Waals surface area contributed by atoms with Crippen LogP contribution in [0.25, 0.3) is 0 Å². The fraction of sp³-hybridized carbons (Fsp3) is 0.632. The topological polar surface area (TPSA) is 29.1 Å². The summed E-state index contributed by atoms with van der Waals surface area (Å²) >= 11 is 0. The molecule has 1 N–H and O–H groups in total. The molecule has 0 aromatic heterocycles. The first-order valence-electron chi connectivity index (χ1n) is 8.32.